The maximum atomic E-state index is 5.49. The average Bonchev–Trinajstić information content (AvgIpc) is 2.30. The van der Waals surface area contributed by atoms with E-state index in [1.165, 1.54) is 0 Å². The lowest BCUT2D eigenvalue weighted by Gasteiger charge is -2.02. The molecule has 0 saturated carbocycles. The topological polar surface area (TPSA) is 73.9 Å². The molecule has 2 aromatic heterocycles. The van der Waals surface area contributed by atoms with E-state index >= 15 is 0 Å². The summed E-state index contributed by atoms with van der Waals surface area (Å²) in [4.78, 5) is 12.2. The predicted molar refractivity (Wildman–Crippen MR) is 56.2 cm³/mol. The van der Waals surface area contributed by atoms with Gasteiger partial charge in [0.2, 0.25) is 5.88 Å². The summed E-state index contributed by atoms with van der Waals surface area (Å²) in [6, 6.07) is 3.56. The molecule has 2 aromatic rings. The van der Waals surface area contributed by atoms with Gasteiger partial charge < -0.3 is 10.5 Å². The Morgan fingerprint density at radius 3 is 2.73 bits per heavy atom. The van der Waals surface area contributed by atoms with Gasteiger partial charge in [0, 0.05) is 11.8 Å². The molecule has 0 bridgehead atoms. The summed E-state index contributed by atoms with van der Waals surface area (Å²) in [5, 5.41) is 0. The molecule has 0 aliphatic rings. The molecule has 2 rings (SSSR count). The summed E-state index contributed by atoms with van der Waals surface area (Å²) in [5.41, 5.74) is 7.06. The molecular formula is C10H10N4O. The van der Waals surface area contributed by atoms with E-state index in [-0.39, 0.29) is 0 Å². The van der Waals surface area contributed by atoms with Gasteiger partial charge in [0.1, 0.15) is 5.82 Å². The first-order valence-electron chi connectivity index (χ1n) is 4.37. The zero-order valence-corrected chi connectivity index (χ0v) is 8.21. The van der Waals surface area contributed by atoms with Crippen LogP contribution in [0.4, 0.5) is 5.82 Å². The third-order valence-corrected chi connectivity index (χ3v) is 1.90. The van der Waals surface area contributed by atoms with Crippen molar-refractivity contribution in [1.82, 2.24) is 15.0 Å². The normalized spacial score (nSPS) is 9.93. The first kappa shape index (κ1) is 9.39. The molecule has 0 fully saturated rings. The fourth-order valence-electron chi connectivity index (χ4n) is 1.14. The third-order valence-electron chi connectivity index (χ3n) is 1.90. The first-order valence-corrected chi connectivity index (χ1v) is 4.37. The SMILES string of the molecule is COc1cncc(-c2ccc(N)nc2)n1. The standard InChI is InChI=1S/C10H10N4O/c1-15-10-6-12-5-8(14-10)7-2-3-9(11)13-4-7/h2-6H,1H3,(H2,11,13). The van der Waals surface area contributed by atoms with Crippen LogP contribution in [0.25, 0.3) is 11.3 Å². The molecule has 0 aliphatic heterocycles. The lowest BCUT2D eigenvalue weighted by molar-refractivity contribution is 0.396. The minimum atomic E-state index is 0.476. The first-order chi connectivity index (χ1) is 7.29. The van der Waals surface area contributed by atoms with E-state index in [4.69, 9.17) is 10.5 Å². The van der Waals surface area contributed by atoms with Gasteiger partial charge in [0.05, 0.1) is 25.2 Å². The smallest absolute Gasteiger partial charge is 0.232 e. The van der Waals surface area contributed by atoms with Crippen LogP contribution in [0, 0.1) is 0 Å². The van der Waals surface area contributed by atoms with Gasteiger partial charge in [-0.25, -0.2) is 9.97 Å². The summed E-state index contributed by atoms with van der Waals surface area (Å²) >= 11 is 0. The van der Waals surface area contributed by atoms with Crippen molar-refractivity contribution in [3.63, 3.8) is 0 Å². The lowest BCUT2D eigenvalue weighted by Crippen LogP contribution is -1.93. The van der Waals surface area contributed by atoms with E-state index in [1.807, 2.05) is 6.07 Å². The molecule has 0 atom stereocenters. The number of hydrogen-bond acceptors (Lipinski definition) is 5. The molecule has 0 radical (unpaired) electrons. The van der Waals surface area contributed by atoms with Crippen LogP contribution in [-0.2, 0) is 0 Å². The number of nitrogens with two attached hydrogens (primary N) is 1. The maximum Gasteiger partial charge on any atom is 0.232 e. The van der Waals surface area contributed by atoms with E-state index in [0.717, 1.165) is 5.56 Å². The molecule has 5 heteroatoms. The van der Waals surface area contributed by atoms with Gasteiger partial charge in [-0.3, -0.25) is 4.98 Å². The fourth-order valence-corrected chi connectivity index (χ4v) is 1.14. The van der Waals surface area contributed by atoms with Crippen molar-refractivity contribution in [3.05, 3.63) is 30.7 Å². The van der Waals surface area contributed by atoms with Gasteiger partial charge in [0.25, 0.3) is 0 Å². The highest BCUT2D eigenvalue weighted by molar-refractivity contribution is 5.58. The van der Waals surface area contributed by atoms with E-state index in [1.54, 1.807) is 31.8 Å². The van der Waals surface area contributed by atoms with Crippen LogP contribution in [0.1, 0.15) is 0 Å². The van der Waals surface area contributed by atoms with Crippen LogP contribution >= 0.6 is 0 Å². The maximum absolute atomic E-state index is 5.49. The number of ether oxygens (including phenoxy) is 1. The quantitative estimate of drug-likeness (QED) is 0.790. The summed E-state index contributed by atoms with van der Waals surface area (Å²) in [6.07, 6.45) is 4.85. The Bertz CT molecular complexity index is 455. The zero-order valence-electron chi connectivity index (χ0n) is 8.21. The number of hydrogen-bond donors (Lipinski definition) is 1. The van der Waals surface area contributed by atoms with Gasteiger partial charge in [0.15, 0.2) is 0 Å². The second-order valence-electron chi connectivity index (χ2n) is 2.92. The molecule has 76 valence electrons. The van der Waals surface area contributed by atoms with Crippen LogP contribution in [0.15, 0.2) is 30.7 Å². The molecule has 0 unspecified atom stereocenters. The molecule has 2 heterocycles. The minimum Gasteiger partial charge on any atom is -0.480 e. The highest BCUT2D eigenvalue weighted by Crippen LogP contribution is 2.17. The van der Waals surface area contributed by atoms with Crippen molar-refractivity contribution in [1.29, 1.82) is 0 Å². The molecule has 0 spiro atoms. The monoisotopic (exact) mass is 202 g/mol. The fraction of sp³-hybridized carbons (Fsp3) is 0.100. The number of pyridine rings is 1. The van der Waals surface area contributed by atoms with Crippen molar-refractivity contribution in [2.24, 2.45) is 0 Å². The second kappa shape index (κ2) is 3.91. The second-order valence-corrected chi connectivity index (χ2v) is 2.92. The average molecular weight is 202 g/mol. The molecule has 0 saturated heterocycles. The van der Waals surface area contributed by atoms with Crippen molar-refractivity contribution >= 4 is 5.82 Å². The molecule has 0 aliphatic carbocycles. The minimum absolute atomic E-state index is 0.476. The van der Waals surface area contributed by atoms with Crippen molar-refractivity contribution < 1.29 is 4.74 Å². The number of anilines is 1. The largest absolute Gasteiger partial charge is 0.480 e. The van der Waals surface area contributed by atoms with Gasteiger partial charge >= 0.3 is 0 Å². The highest BCUT2D eigenvalue weighted by atomic mass is 16.5. The van der Waals surface area contributed by atoms with E-state index < -0.39 is 0 Å². The highest BCUT2D eigenvalue weighted by Gasteiger charge is 2.01. The van der Waals surface area contributed by atoms with E-state index in [2.05, 4.69) is 15.0 Å². The molecule has 0 aromatic carbocycles. The summed E-state index contributed by atoms with van der Waals surface area (Å²) in [6.45, 7) is 0. The zero-order chi connectivity index (χ0) is 10.7. The van der Waals surface area contributed by atoms with Crippen molar-refractivity contribution in [2.45, 2.75) is 0 Å². The van der Waals surface area contributed by atoms with Crippen LogP contribution in [-0.4, -0.2) is 22.1 Å². The van der Waals surface area contributed by atoms with Crippen LogP contribution in [0.2, 0.25) is 0 Å². The molecule has 5 nitrogen and oxygen atoms in total. The van der Waals surface area contributed by atoms with Crippen LogP contribution in [0.5, 0.6) is 5.88 Å². The number of rotatable bonds is 2. The Hall–Kier alpha value is -2.17. The number of aromatic nitrogens is 3. The van der Waals surface area contributed by atoms with E-state index in [9.17, 15) is 0 Å². The van der Waals surface area contributed by atoms with Gasteiger partial charge in [-0.1, -0.05) is 0 Å². The number of methoxy groups -OCH3 is 1. The van der Waals surface area contributed by atoms with Crippen LogP contribution in [0.3, 0.4) is 0 Å². The Balaban J connectivity index is 2.40. The van der Waals surface area contributed by atoms with Gasteiger partial charge in [-0.05, 0) is 12.1 Å². The third kappa shape index (κ3) is 2.01. The number of nitrogen functional groups attached to an aromatic ring is 1. The van der Waals surface area contributed by atoms with Crippen LogP contribution < -0.4 is 10.5 Å². The molecular weight excluding hydrogens is 192 g/mol. The van der Waals surface area contributed by atoms with Gasteiger partial charge in [-0.15, -0.1) is 0 Å². The predicted octanol–water partition coefficient (Wildman–Crippen LogP) is 1.13. The Morgan fingerprint density at radius 2 is 2.07 bits per heavy atom. The lowest BCUT2D eigenvalue weighted by atomic mass is 10.2. The summed E-state index contributed by atoms with van der Waals surface area (Å²) < 4.78 is 4.98. The summed E-state index contributed by atoms with van der Waals surface area (Å²) in [7, 11) is 1.55. The van der Waals surface area contributed by atoms with Crippen molar-refractivity contribution in [2.75, 3.05) is 12.8 Å². The Labute approximate surface area is 87.0 Å². The Morgan fingerprint density at radius 1 is 1.20 bits per heavy atom. The van der Waals surface area contributed by atoms with E-state index in [0.29, 0.717) is 17.4 Å². The molecule has 0 amide bonds. The summed E-state index contributed by atoms with van der Waals surface area (Å²) in [5.74, 6) is 0.957. The number of nitrogens with zero attached hydrogens (tertiary/aromatic N) is 3. The van der Waals surface area contributed by atoms with Crippen molar-refractivity contribution in [3.8, 4) is 17.1 Å². The molecule has 15 heavy (non-hydrogen) atoms. The van der Waals surface area contributed by atoms with Gasteiger partial charge in [-0.2, -0.15) is 0 Å². The molecule has 2 N–H and O–H groups in total. The Kier molecular flexibility index (Phi) is 2.45.